The molecule has 166 valence electrons. The van der Waals surface area contributed by atoms with Crippen LogP contribution in [0.15, 0.2) is 42.5 Å². The lowest BCUT2D eigenvalue weighted by molar-refractivity contribution is 0.0939. The van der Waals surface area contributed by atoms with E-state index in [2.05, 4.69) is 20.9 Å². The van der Waals surface area contributed by atoms with Gasteiger partial charge in [-0.2, -0.15) is 0 Å². The largest absolute Gasteiger partial charge is 0.492 e. The van der Waals surface area contributed by atoms with Crippen molar-refractivity contribution in [2.75, 3.05) is 35.2 Å². The fourth-order valence-corrected chi connectivity index (χ4v) is 3.57. The summed E-state index contributed by atoms with van der Waals surface area (Å²) in [5.74, 6) is 0.486. The summed E-state index contributed by atoms with van der Waals surface area (Å²) < 4.78 is 5.56. The van der Waals surface area contributed by atoms with Crippen molar-refractivity contribution >= 4 is 29.0 Å². The SMILES string of the molecule is CCOc1ccccc1NC(=O)Nc1ccc(N2CCCC2)c(C(=O)N[C@H](C)CC)c1. The highest BCUT2D eigenvalue weighted by molar-refractivity contribution is 6.04. The summed E-state index contributed by atoms with van der Waals surface area (Å²) in [7, 11) is 0. The van der Waals surface area contributed by atoms with Gasteiger partial charge in [0.15, 0.2) is 0 Å². The van der Waals surface area contributed by atoms with Gasteiger partial charge in [-0.1, -0.05) is 19.1 Å². The van der Waals surface area contributed by atoms with E-state index in [1.165, 1.54) is 0 Å². The van der Waals surface area contributed by atoms with E-state index >= 15 is 0 Å². The van der Waals surface area contributed by atoms with Gasteiger partial charge < -0.3 is 25.6 Å². The van der Waals surface area contributed by atoms with Gasteiger partial charge in [0.2, 0.25) is 0 Å². The molecule has 1 saturated heterocycles. The smallest absolute Gasteiger partial charge is 0.323 e. The molecule has 0 aromatic heterocycles. The molecule has 0 saturated carbocycles. The monoisotopic (exact) mass is 424 g/mol. The number of carbonyl (C=O) groups is 2. The Morgan fingerprint density at radius 2 is 1.81 bits per heavy atom. The van der Waals surface area contributed by atoms with Crippen LogP contribution in [0.5, 0.6) is 5.75 Å². The zero-order chi connectivity index (χ0) is 22.2. The lowest BCUT2D eigenvalue weighted by Crippen LogP contribution is -2.33. The molecule has 7 heteroatoms. The minimum atomic E-state index is -0.394. The molecular formula is C24H32N4O3. The molecule has 2 aromatic carbocycles. The number of carbonyl (C=O) groups excluding carboxylic acids is 2. The molecule has 1 heterocycles. The number of hydrogen-bond acceptors (Lipinski definition) is 4. The van der Waals surface area contributed by atoms with Gasteiger partial charge in [0, 0.05) is 30.5 Å². The van der Waals surface area contributed by atoms with Gasteiger partial charge >= 0.3 is 6.03 Å². The van der Waals surface area contributed by atoms with Crippen molar-refractivity contribution in [3.8, 4) is 5.75 Å². The summed E-state index contributed by atoms with van der Waals surface area (Å²) in [5.41, 5.74) is 2.63. The van der Waals surface area contributed by atoms with Crippen molar-refractivity contribution in [3.63, 3.8) is 0 Å². The van der Waals surface area contributed by atoms with Crippen molar-refractivity contribution in [1.29, 1.82) is 0 Å². The van der Waals surface area contributed by atoms with Crippen LogP contribution in [0.2, 0.25) is 0 Å². The number of rotatable bonds is 8. The zero-order valence-electron chi connectivity index (χ0n) is 18.5. The Morgan fingerprint density at radius 1 is 1.06 bits per heavy atom. The van der Waals surface area contributed by atoms with E-state index in [0.29, 0.717) is 29.3 Å². The first-order chi connectivity index (χ1) is 15.0. The summed E-state index contributed by atoms with van der Waals surface area (Å²) in [6, 6.07) is 12.5. The number of urea groups is 1. The molecule has 3 rings (SSSR count). The van der Waals surface area contributed by atoms with Crippen LogP contribution in [0.3, 0.4) is 0 Å². The van der Waals surface area contributed by atoms with Gasteiger partial charge in [-0.15, -0.1) is 0 Å². The fraction of sp³-hybridized carbons (Fsp3) is 0.417. The maximum Gasteiger partial charge on any atom is 0.323 e. The van der Waals surface area contributed by atoms with Crippen molar-refractivity contribution in [2.45, 2.75) is 46.1 Å². The Kier molecular flexibility index (Phi) is 7.76. The minimum absolute atomic E-state index is 0.0777. The molecule has 0 unspecified atom stereocenters. The second-order valence-electron chi connectivity index (χ2n) is 7.72. The highest BCUT2D eigenvalue weighted by Crippen LogP contribution is 2.28. The maximum absolute atomic E-state index is 13.0. The van der Waals surface area contributed by atoms with Crippen LogP contribution in [-0.4, -0.2) is 37.7 Å². The summed E-state index contributed by atoms with van der Waals surface area (Å²) in [6.45, 7) is 8.29. The highest BCUT2D eigenvalue weighted by atomic mass is 16.5. The number of amides is 3. The lowest BCUT2D eigenvalue weighted by atomic mass is 10.1. The Labute approximate surface area is 184 Å². The lowest BCUT2D eigenvalue weighted by Gasteiger charge is -2.23. The second kappa shape index (κ2) is 10.7. The molecule has 31 heavy (non-hydrogen) atoms. The Balaban J connectivity index is 1.79. The number of anilines is 3. The first-order valence-corrected chi connectivity index (χ1v) is 11.0. The molecular weight excluding hydrogens is 392 g/mol. The van der Waals surface area contributed by atoms with E-state index in [4.69, 9.17) is 4.74 Å². The van der Waals surface area contributed by atoms with Gasteiger partial charge in [-0.25, -0.2) is 4.79 Å². The molecule has 0 bridgehead atoms. The first kappa shape index (κ1) is 22.5. The molecule has 0 spiro atoms. The van der Waals surface area contributed by atoms with E-state index in [9.17, 15) is 9.59 Å². The third kappa shape index (κ3) is 5.90. The molecule has 1 fully saturated rings. The van der Waals surface area contributed by atoms with Crippen LogP contribution < -0.4 is 25.6 Å². The van der Waals surface area contributed by atoms with Crippen molar-refractivity contribution in [1.82, 2.24) is 5.32 Å². The third-order valence-electron chi connectivity index (χ3n) is 5.37. The van der Waals surface area contributed by atoms with E-state index in [-0.39, 0.29) is 11.9 Å². The number of ether oxygens (including phenoxy) is 1. The number of nitrogens with zero attached hydrogens (tertiary/aromatic N) is 1. The summed E-state index contributed by atoms with van der Waals surface area (Å²) >= 11 is 0. The van der Waals surface area contributed by atoms with Crippen LogP contribution in [0.4, 0.5) is 21.9 Å². The van der Waals surface area contributed by atoms with Gasteiger partial charge in [-0.05, 0) is 63.4 Å². The van der Waals surface area contributed by atoms with Gasteiger partial charge in [0.1, 0.15) is 5.75 Å². The van der Waals surface area contributed by atoms with E-state index < -0.39 is 6.03 Å². The predicted octanol–water partition coefficient (Wildman–Crippen LogP) is 4.86. The Morgan fingerprint density at radius 3 is 2.52 bits per heavy atom. The average Bonchev–Trinajstić information content (AvgIpc) is 3.30. The Hall–Kier alpha value is -3.22. The van der Waals surface area contributed by atoms with Crippen molar-refractivity contribution in [3.05, 3.63) is 48.0 Å². The topological polar surface area (TPSA) is 82.7 Å². The molecule has 1 aliphatic rings. The van der Waals surface area contributed by atoms with Gasteiger partial charge in [-0.3, -0.25) is 4.79 Å². The molecule has 1 aliphatic heterocycles. The predicted molar refractivity (Wildman–Crippen MR) is 125 cm³/mol. The van der Waals surface area contributed by atoms with Crippen LogP contribution in [-0.2, 0) is 0 Å². The summed E-state index contributed by atoms with van der Waals surface area (Å²) in [5, 5.41) is 8.69. The van der Waals surface area contributed by atoms with E-state index in [1.54, 1.807) is 18.2 Å². The molecule has 1 atom stereocenters. The number of nitrogens with one attached hydrogen (secondary N) is 3. The van der Waals surface area contributed by atoms with Crippen LogP contribution in [0.1, 0.15) is 50.4 Å². The standard InChI is InChI=1S/C24H32N4O3/c1-4-17(3)25-23(29)19-16-18(12-13-21(19)28-14-8-9-15-28)26-24(30)27-20-10-6-7-11-22(20)31-5-2/h6-7,10-13,16-17H,4-5,8-9,14-15H2,1-3H3,(H,25,29)(H2,26,27,30)/t17-/m1/s1. The number of hydrogen-bond donors (Lipinski definition) is 3. The molecule has 0 aliphatic carbocycles. The summed E-state index contributed by atoms with van der Waals surface area (Å²) in [6.07, 6.45) is 3.09. The third-order valence-corrected chi connectivity index (χ3v) is 5.37. The van der Waals surface area contributed by atoms with E-state index in [0.717, 1.165) is 38.0 Å². The second-order valence-corrected chi connectivity index (χ2v) is 7.72. The molecule has 7 nitrogen and oxygen atoms in total. The van der Waals surface area contributed by atoms with Gasteiger partial charge in [0.25, 0.3) is 5.91 Å². The van der Waals surface area contributed by atoms with E-state index in [1.807, 2.05) is 45.0 Å². The fourth-order valence-electron chi connectivity index (χ4n) is 3.57. The van der Waals surface area contributed by atoms with Crippen LogP contribution in [0, 0.1) is 0 Å². The molecule has 3 N–H and O–H groups in total. The number of para-hydroxylation sites is 2. The maximum atomic E-state index is 13.0. The van der Waals surface area contributed by atoms with Crippen LogP contribution in [0.25, 0.3) is 0 Å². The van der Waals surface area contributed by atoms with Crippen molar-refractivity contribution in [2.24, 2.45) is 0 Å². The normalized spacial score (nSPS) is 14.1. The number of benzene rings is 2. The molecule has 2 aromatic rings. The quantitative estimate of drug-likeness (QED) is 0.565. The zero-order valence-corrected chi connectivity index (χ0v) is 18.5. The molecule has 0 radical (unpaired) electrons. The summed E-state index contributed by atoms with van der Waals surface area (Å²) in [4.78, 5) is 27.8. The average molecular weight is 425 g/mol. The molecule has 3 amide bonds. The minimum Gasteiger partial charge on any atom is -0.492 e. The van der Waals surface area contributed by atoms with Crippen molar-refractivity contribution < 1.29 is 14.3 Å². The highest BCUT2D eigenvalue weighted by Gasteiger charge is 2.21. The Bertz CT molecular complexity index is 909. The first-order valence-electron chi connectivity index (χ1n) is 11.0. The van der Waals surface area contributed by atoms with Crippen LogP contribution >= 0.6 is 0 Å². The van der Waals surface area contributed by atoms with Gasteiger partial charge in [0.05, 0.1) is 17.9 Å².